The summed E-state index contributed by atoms with van der Waals surface area (Å²) in [4.78, 5) is 21.4. The molecule has 32 heavy (non-hydrogen) atoms. The van der Waals surface area contributed by atoms with Gasteiger partial charge in [-0.05, 0) is 50.2 Å². The molecular weight excluding hydrogens is 414 g/mol. The SMILES string of the molecule is COc1cc2c(cc1OC)C(Oc1ccc(C)cc1)CN(C)CC2.O=C(O)C=CC(=O)O. The Morgan fingerprint density at radius 1 is 1.00 bits per heavy atom. The van der Waals surface area contributed by atoms with E-state index in [2.05, 4.69) is 43.1 Å². The minimum absolute atomic E-state index is 0.0324. The van der Waals surface area contributed by atoms with E-state index in [1.54, 1.807) is 14.2 Å². The van der Waals surface area contributed by atoms with E-state index in [0.717, 1.165) is 36.8 Å². The number of carbonyl (C=O) groups is 2. The zero-order valence-electron chi connectivity index (χ0n) is 18.7. The van der Waals surface area contributed by atoms with Crippen molar-refractivity contribution in [1.29, 1.82) is 0 Å². The van der Waals surface area contributed by atoms with Gasteiger partial charge in [-0.2, -0.15) is 0 Å². The summed E-state index contributed by atoms with van der Waals surface area (Å²) in [5.74, 6) is -0.102. The summed E-state index contributed by atoms with van der Waals surface area (Å²) in [6, 6.07) is 12.4. The Labute approximate surface area is 187 Å². The fourth-order valence-corrected chi connectivity index (χ4v) is 3.26. The number of hydrogen-bond acceptors (Lipinski definition) is 6. The summed E-state index contributed by atoms with van der Waals surface area (Å²) in [6.45, 7) is 3.92. The average molecular weight is 443 g/mol. The second kappa shape index (κ2) is 11.8. The highest BCUT2D eigenvalue weighted by atomic mass is 16.5. The largest absolute Gasteiger partial charge is 0.493 e. The second-order valence-electron chi connectivity index (χ2n) is 7.35. The molecule has 0 aromatic heterocycles. The topological polar surface area (TPSA) is 106 Å². The van der Waals surface area contributed by atoms with Crippen LogP contribution in [0.1, 0.15) is 22.8 Å². The number of aryl methyl sites for hydroxylation is 1. The molecule has 172 valence electrons. The van der Waals surface area contributed by atoms with Crippen LogP contribution in [0.15, 0.2) is 48.6 Å². The lowest BCUT2D eigenvalue weighted by molar-refractivity contribution is -0.134. The molecule has 2 aromatic rings. The van der Waals surface area contributed by atoms with Crippen LogP contribution in [0.3, 0.4) is 0 Å². The van der Waals surface area contributed by atoms with Gasteiger partial charge in [0.2, 0.25) is 0 Å². The fraction of sp³-hybridized carbons (Fsp3) is 0.333. The van der Waals surface area contributed by atoms with Crippen LogP contribution in [0, 0.1) is 6.92 Å². The highest BCUT2D eigenvalue weighted by Gasteiger charge is 2.25. The number of methoxy groups -OCH3 is 2. The maximum atomic E-state index is 9.55. The molecule has 0 amide bonds. The van der Waals surface area contributed by atoms with Crippen LogP contribution in [0.25, 0.3) is 0 Å². The lowest BCUT2D eigenvalue weighted by Gasteiger charge is -2.23. The molecule has 2 N–H and O–H groups in total. The summed E-state index contributed by atoms with van der Waals surface area (Å²) >= 11 is 0. The lowest BCUT2D eigenvalue weighted by atomic mass is 10.00. The molecule has 0 bridgehead atoms. The van der Waals surface area contributed by atoms with Gasteiger partial charge in [0.25, 0.3) is 0 Å². The van der Waals surface area contributed by atoms with Gasteiger partial charge in [-0.25, -0.2) is 9.59 Å². The first-order chi connectivity index (χ1) is 15.2. The number of benzene rings is 2. The van der Waals surface area contributed by atoms with Crippen LogP contribution >= 0.6 is 0 Å². The molecule has 2 aromatic carbocycles. The molecule has 1 heterocycles. The van der Waals surface area contributed by atoms with Crippen molar-refractivity contribution in [2.75, 3.05) is 34.4 Å². The summed E-state index contributed by atoms with van der Waals surface area (Å²) in [6.07, 6.45) is 2.06. The number of rotatable bonds is 6. The van der Waals surface area contributed by atoms with E-state index in [0.29, 0.717) is 12.2 Å². The van der Waals surface area contributed by atoms with Gasteiger partial charge in [0.05, 0.1) is 14.2 Å². The first-order valence-corrected chi connectivity index (χ1v) is 10.0. The Hall–Kier alpha value is -3.52. The molecule has 1 aliphatic rings. The molecule has 0 aliphatic carbocycles. The van der Waals surface area contributed by atoms with Crippen molar-refractivity contribution in [1.82, 2.24) is 4.90 Å². The molecule has 1 aliphatic heterocycles. The standard InChI is InChI=1S/C20H25NO3.C4H4O4/c1-14-5-7-16(8-6-14)24-20-13-21(2)10-9-15-11-18(22-3)19(23-4)12-17(15)20;5-3(6)1-2-4(7)8/h5-8,11-12,20H,9-10,13H2,1-4H3;1-2H,(H,5,6)(H,7,8). The average Bonchev–Trinajstić information content (AvgIpc) is 2.91. The van der Waals surface area contributed by atoms with Gasteiger partial charge in [-0.3, -0.25) is 0 Å². The van der Waals surface area contributed by atoms with Gasteiger partial charge in [0.15, 0.2) is 11.5 Å². The quantitative estimate of drug-likeness (QED) is 0.655. The molecule has 1 atom stereocenters. The Kier molecular flexibility index (Phi) is 9.09. The monoisotopic (exact) mass is 443 g/mol. The molecule has 0 fully saturated rings. The minimum Gasteiger partial charge on any atom is -0.493 e. The number of carboxylic acid groups (broad SMARTS) is 2. The molecular formula is C24H29NO7. The van der Waals surface area contributed by atoms with Crippen LogP contribution in [0.5, 0.6) is 17.2 Å². The Morgan fingerprint density at radius 3 is 2.09 bits per heavy atom. The van der Waals surface area contributed by atoms with Gasteiger partial charge in [-0.1, -0.05) is 17.7 Å². The van der Waals surface area contributed by atoms with E-state index >= 15 is 0 Å². The summed E-state index contributed by atoms with van der Waals surface area (Å²) in [7, 11) is 5.47. The molecule has 1 unspecified atom stereocenters. The third kappa shape index (κ3) is 7.31. The minimum atomic E-state index is -1.26. The summed E-state index contributed by atoms with van der Waals surface area (Å²) in [5, 5.41) is 15.6. The first-order valence-electron chi connectivity index (χ1n) is 10.0. The molecule has 0 saturated carbocycles. The van der Waals surface area contributed by atoms with E-state index < -0.39 is 11.9 Å². The lowest BCUT2D eigenvalue weighted by Crippen LogP contribution is -2.26. The predicted molar refractivity (Wildman–Crippen MR) is 120 cm³/mol. The van der Waals surface area contributed by atoms with Crippen molar-refractivity contribution in [2.45, 2.75) is 19.4 Å². The smallest absolute Gasteiger partial charge is 0.328 e. The Morgan fingerprint density at radius 2 is 1.56 bits per heavy atom. The van der Waals surface area contributed by atoms with Gasteiger partial charge in [0, 0.05) is 30.8 Å². The second-order valence-corrected chi connectivity index (χ2v) is 7.35. The number of likely N-dealkylation sites (N-methyl/N-ethyl adjacent to an activating group) is 1. The van der Waals surface area contributed by atoms with Crippen LogP contribution in [0.2, 0.25) is 0 Å². The highest BCUT2D eigenvalue weighted by Crippen LogP contribution is 2.36. The van der Waals surface area contributed by atoms with E-state index in [1.807, 2.05) is 12.1 Å². The molecule has 0 saturated heterocycles. The predicted octanol–water partition coefficient (Wildman–Crippen LogP) is 3.33. The molecule has 3 rings (SSSR count). The fourth-order valence-electron chi connectivity index (χ4n) is 3.26. The number of fused-ring (bicyclic) bond motifs is 1. The summed E-state index contributed by atoms with van der Waals surface area (Å²) < 4.78 is 17.3. The zero-order valence-corrected chi connectivity index (χ0v) is 18.7. The third-order valence-electron chi connectivity index (χ3n) is 4.90. The number of nitrogens with zero attached hydrogens (tertiary/aromatic N) is 1. The van der Waals surface area contributed by atoms with Crippen molar-refractivity contribution in [3.63, 3.8) is 0 Å². The van der Waals surface area contributed by atoms with E-state index in [9.17, 15) is 9.59 Å². The Bertz CT molecular complexity index is 938. The van der Waals surface area contributed by atoms with Crippen LogP contribution in [-0.2, 0) is 16.0 Å². The first kappa shape index (κ1) is 24.7. The van der Waals surface area contributed by atoms with E-state index in [1.165, 1.54) is 16.7 Å². The van der Waals surface area contributed by atoms with E-state index in [4.69, 9.17) is 24.4 Å². The molecule has 0 radical (unpaired) electrons. The number of carboxylic acids is 2. The molecule has 8 heteroatoms. The van der Waals surface area contributed by atoms with Gasteiger partial charge < -0.3 is 29.3 Å². The van der Waals surface area contributed by atoms with Crippen LogP contribution in [0.4, 0.5) is 0 Å². The van der Waals surface area contributed by atoms with Crippen LogP contribution in [-0.4, -0.2) is 61.4 Å². The Balaban J connectivity index is 0.000000390. The maximum absolute atomic E-state index is 9.55. The van der Waals surface area contributed by atoms with Crippen molar-refractivity contribution in [3.05, 3.63) is 65.2 Å². The maximum Gasteiger partial charge on any atom is 0.328 e. The molecule has 8 nitrogen and oxygen atoms in total. The van der Waals surface area contributed by atoms with Crippen LogP contribution < -0.4 is 14.2 Å². The number of ether oxygens (including phenoxy) is 3. The highest BCUT2D eigenvalue weighted by molar-refractivity contribution is 5.89. The normalized spacial score (nSPS) is 15.7. The van der Waals surface area contributed by atoms with Crippen molar-refractivity contribution in [3.8, 4) is 17.2 Å². The van der Waals surface area contributed by atoms with E-state index in [-0.39, 0.29) is 6.10 Å². The summed E-state index contributed by atoms with van der Waals surface area (Å²) in [5.41, 5.74) is 3.67. The van der Waals surface area contributed by atoms with Gasteiger partial charge in [0.1, 0.15) is 11.9 Å². The van der Waals surface area contributed by atoms with Crippen molar-refractivity contribution < 1.29 is 34.0 Å². The van der Waals surface area contributed by atoms with Gasteiger partial charge >= 0.3 is 11.9 Å². The third-order valence-corrected chi connectivity index (χ3v) is 4.90. The number of hydrogen-bond donors (Lipinski definition) is 2. The zero-order chi connectivity index (χ0) is 23.7. The molecule has 0 spiro atoms. The van der Waals surface area contributed by atoms with Crippen molar-refractivity contribution in [2.24, 2.45) is 0 Å². The van der Waals surface area contributed by atoms with Crippen molar-refractivity contribution >= 4 is 11.9 Å². The van der Waals surface area contributed by atoms with Gasteiger partial charge in [-0.15, -0.1) is 0 Å². The number of aliphatic carboxylic acids is 2.